The highest BCUT2D eigenvalue weighted by atomic mass is 16.5. The largest absolute Gasteiger partial charge is 0.456 e. The molecule has 0 atom stereocenters. The number of esters is 1. The number of ether oxygens (including phenoxy) is 1. The third-order valence-electron chi connectivity index (χ3n) is 2.73. The van der Waals surface area contributed by atoms with Crippen molar-refractivity contribution >= 4 is 11.7 Å². The number of pyridine rings is 1. The molecule has 1 heterocycles. The zero-order valence-electron chi connectivity index (χ0n) is 11.0. The van der Waals surface area contributed by atoms with Crippen molar-refractivity contribution in [2.75, 3.05) is 5.73 Å². The number of nitrogens with zero attached hydrogens (tertiary/aromatic N) is 1. The van der Waals surface area contributed by atoms with Gasteiger partial charge in [-0.25, -0.2) is 4.79 Å². The third kappa shape index (κ3) is 3.31. The summed E-state index contributed by atoms with van der Waals surface area (Å²) in [5.74, 6) is -0.426. The summed E-state index contributed by atoms with van der Waals surface area (Å²) >= 11 is 0. The lowest BCUT2D eigenvalue weighted by Crippen LogP contribution is -2.09. The number of hydrogen-bond donors (Lipinski definition) is 1. The molecule has 2 aromatic rings. The van der Waals surface area contributed by atoms with E-state index in [1.807, 2.05) is 38.1 Å². The van der Waals surface area contributed by atoms with E-state index in [-0.39, 0.29) is 6.61 Å². The summed E-state index contributed by atoms with van der Waals surface area (Å²) in [7, 11) is 0. The highest BCUT2D eigenvalue weighted by Crippen LogP contribution is 2.15. The maximum atomic E-state index is 11.9. The molecule has 0 aliphatic carbocycles. The van der Waals surface area contributed by atoms with Crippen LogP contribution >= 0.6 is 0 Å². The van der Waals surface area contributed by atoms with E-state index in [9.17, 15) is 4.79 Å². The molecular formula is C15H16N2O2. The van der Waals surface area contributed by atoms with Gasteiger partial charge in [0.05, 0.1) is 11.3 Å². The standard InChI is InChI=1S/C15H16N2O2/c1-10-6-7-14(16)13(8-10)15(18)19-9-12-5-3-4-11(2)17-12/h3-8H,9,16H2,1-2H3. The first-order chi connectivity index (χ1) is 9.06. The average Bonchev–Trinajstić information content (AvgIpc) is 2.39. The van der Waals surface area contributed by atoms with Crippen LogP contribution in [0.1, 0.15) is 27.3 Å². The van der Waals surface area contributed by atoms with Gasteiger partial charge in [0.2, 0.25) is 0 Å². The molecule has 19 heavy (non-hydrogen) atoms. The van der Waals surface area contributed by atoms with Crippen molar-refractivity contribution in [2.24, 2.45) is 0 Å². The summed E-state index contributed by atoms with van der Waals surface area (Å²) in [5, 5.41) is 0. The number of benzene rings is 1. The number of rotatable bonds is 3. The summed E-state index contributed by atoms with van der Waals surface area (Å²) in [4.78, 5) is 16.2. The Morgan fingerprint density at radius 2 is 2.05 bits per heavy atom. The predicted molar refractivity (Wildman–Crippen MR) is 73.7 cm³/mol. The van der Waals surface area contributed by atoms with Crippen molar-refractivity contribution in [1.82, 2.24) is 4.98 Å². The van der Waals surface area contributed by atoms with Gasteiger partial charge in [0.15, 0.2) is 0 Å². The Morgan fingerprint density at radius 3 is 2.79 bits per heavy atom. The Labute approximate surface area is 112 Å². The second-order valence-corrected chi connectivity index (χ2v) is 4.44. The Balaban J connectivity index is 2.07. The number of aromatic nitrogens is 1. The molecule has 0 aliphatic rings. The van der Waals surface area contributed by atoms with Gasteiger partial charge >= 0.3 is 5.97 Å². The van der Waals surface area contributed by atoms with Gasteiger partial charge in [0.1, 0.15) is 6.61 Å². The Hall–Kier alpha value is -2.36. The van der Waals surface area contributed by atoms with Gasteiger partial charge in [-0.3, -0.25) is 4.98 Å². The summed E-state index contributed by atoms with van der Waals surface area (Å²) < 4.78 is 5.22. The lowest BCUT2D eigenvalue weighted by molar-refractivity contribution is 0.0468. The van der Waals surface area contributed by atoms with E-state index in [2.05, 4.69) is 4.98 Å². The summed E-state index contributed by atoms with van der Waals surface area (Å²) in [6.07, 6.45) is 0. The summed E-state index contributed by atoms with van der Waals surface area (Å²) in [6.45, 7) is 3.94. The van der Waals surface area contributed by atoms with Crippen LogP contribution in [0, 0.1) is 13.8 Å². The van der Waals surface area contributed by atoms with Crippen molar-refractivity contribution in [3.05, 3.63) is 58.9 Å². The monoisotopic (exact) mass is 256 g/mol. The van der Waals surface area contributed by atoms with E-state index >= 15 is 0 Å². The molecule has 4 nitrogen and oxygen atoms in total. The topological polar surface area (TPSA) is 65.2 Å². The van der Waals surface area contributed by atoms with Gasteiger partial charge in [-0.05, 0) is 38.1 Å². The lowest BCUT2D eigenvalue weighted by Gasteiger charge is -2.08. The van der Waals surface area contributed by atoms with Crippen LogP contribution in [0.25, 0.3) is 0 Å². The van der Waals surface area contributed by atoms with Gasteiger partial charge in [0, 0.05) is 11.4 Å². The molecule has 0 amide bonds. The van der Waals surface area contributed by atoms with Crippen molar-refractivity contribution in [2.45, 2.75) is 20.5 Å². The van der Waals surface area contributed by atoms with Gasteiger partial charge < -0.3 is 10.5 Å². The van der Waals surface area contributed by atoms with E-state index < -0.39 is 5.97 Å². The lowest BCUT2D eigenvalue weighted by atomic mass is 10.1. The van der Waals surface area contributed by atoms with Gasteiger partial charge in [0.25, 0.3) is 0 Å². The molecule has 0 unspecified atom stereocenters. The minimum atomic E-state index is -0.426. The van der Waals surface area contributed by atoms with Crippen LogP contribution in [0.5, 0.6) is 0 Å². The fourth-order valence-electron chi connectivity index (χ4n) is 1.74. The zero-order chi connectivity index (χ0) is 13.8. The van der Waals surface area contributed by atoms with Crippen molar-refractivity contribution in [3.8, 4) is 0 Å². The number of carbonyl (C=O) groups is 1. The Morgan fingerprint density at radius 1 is 1.26 bits per heavy atom. The van der Waals surface area contributed by atoms with Crippen LogP contribution in [0.15, 0.2) is 36.4 Å². The first-order valence-corrected chi connectivity index (χ1v) is 6.02. The van der Waals surface area contributed by atoms with E-state index in [1.54, 1.807) is 12.1 Å². The summed E-state index contributed by atoms with van der Waals surface area (Å²) in [6, 6.07) is 10.9. The van der Waals surface area contributed by atoms with Crippen LogP contribution in [0.4, 0.5) is 5.69 Å². The van der Waals surface area contributed by atoms with E-state index in [4.69, 9.17) is 10.5 Å². The van der Waals surface area contributed by atoms with Crippen LogP contribution in [-0.4, -0.2) is 11.0 Å². The molecule has 0 bridgehead atoms. The highest BCUT2D eigenvalue weighted by molar-refractivity contribution is 5.95. The van der Waals surface area contributed by atoms with Crippen LogP contribution in [-0.2, 0) is 11.3 Å². The molecule has 0 radical (unpaired) electrons. The maximum absolute atomic E-state index is 11.9. The molecule has 0 fully saturated rings. The number of hydrogen-bond acceptors (Lipinski definition) is 4. The van der Waals surface area contributed by atoms with Crippen LogP contribution in [0.3, 0.4) is 0 Å². The molecule has 0 aliphatic heterocycles. The fraction of sp³-hybridized carbons (Fsp3) is 0.200. The Kier molecular flexibility index (Phi) is 3.80. The van der Waals surface area contributed by atoms with Crippen molar-refractivity contribution in [1.29, 1.82) is 0 Å². The van der Waals surface area contributed by atoms with Crippen LogP contribution < -0.4 is 5.73 Å². The SMILES string of the molecule is Cc1ccc(N)c(C(=O)OCc2cccc(C)n2)c1. The second kappa shape index (κ2) is 5.52. The molecule has 1 aromatic heterocycles. The fourth-order valence-corrected chi connectivity index (χ4v) is 1.74. The molecule has 0 saturated heterocycles. The van der Waals surface area contributed by atoms with E-state index in [0.29, 0.717) is 11.3 Å². The molecule has 4 heteroatoms. The number of nitrogen functional groups attached to an aromatic ring is 1. The third-order valence-corrected chi connectivity index (χ3v) is 2.73. The average molecular weight is 256 g/mol. The summed E-state index contributed by atoms with van der Waals surface area (Å²) in [5.41, 5.74) is 9.17. The number of carbonyl (C=O) groups excluding carboxylic acids is 1. The predicted octanol–water partition coefficient (Wildman–Crippen LogP) is 2.64. The van der Waals surface area contributed by atoms with E-state index in [1.165, 1.54) is 0 Å². The number of nitrogens with two attached hydrogens (primary N) is 1. The minimum absolute atomic E-state index is 0.147. The molecule has 0 saturated carbocycles. The quantitative estimate of drug-likeness (QED) is 0.677. The second-order valence-electron chi connectivity index (χ2n) is 4.44. The molecule has 98 valence electrons. The normalized spacial score (nSPS) is 10.2. The Bertz CT molecular complexity index is 609. The number of aryl methyl sites for hydroxylation is 2. The smallest absolute Gasteiger partial charge is 0.340 e. The van der Waals surface area contributed by atoms with E-state index in [0.717, 1.165) is 17.0 Å². The van der Waals surface area contributed by atoms with Gasteiger partial charge in [-0.15, -0.1) is 0 Å². The molecule has 2 rings (SSSR count). The van der Waals surface area contributed by atoms with Gasteiger partial charge in [-0.2, -0.15) is 0 Å². The molecule has 0 spiro atoms. The first kappa shape index (κ1) is 13.1. The maximum Gasteiger partial charge on any atom is 0.340 e. The molecular weight excluding hydrogens is 240 g/mol. The van der Waals surface area contributed by atoms with Crippen LogP contribution in [0.2, 0.25) is 0 Å². The minimum Gasteiger partial charge on any atom is -0.456 e. The highest BCUT2D eigenvalue weighted by Gasteiger charge is 2.11. The van der Waals surface area contributed by atoms with Crippen molar-refractivity contribution < 1.29 is 9.53 Å². The zero-order valence-corrected chi connectivity index (χ0v) is 11.0. The molecule has 1 aromatic carbocycles. The number of anilines is 1. The molecule has 2 N–H and O–H groups in total. The van der Waals surface area contributed by atoms with Gasteiger partial charge in [-0.1, -0.05) is 17.7 Å². The van der Waals surface area contributed by atoms with Crippen molar-refractivity contribution in [3.63, 3.8) is 0 Å². The first-order valence-electron chi connectivity index (χ1n) is 6.02.